The van der Waals surface area contributed by atoms with E-state index in [9.17, 15) is 18.0 Å². The van der Waals surface area contributed by atoms with E-state index in [4.69, 9.17) is 0 Å². The lowest BCUT2D eigenvalue weighted by molar-refractivity contribution is -0.152. The number of hydrogen-bond donors (Lipinski definition) is 2. The maximum Gasteiger partial charge on any atom is 0.408 e. The van der Waals surface area contributed by atoms with Gasteiger partial charge in [-0.15, -0.1) is 0 Å². The molecule has 1 atom stereocenters. The first-order chi connectivity index (χ1) is 12.3. The quantitative estimate of drug-likeness (QED) is 0.869. The van der Waals surface area contributed by atoms with Crippen molar-refractivity contribution in [2.24, 2.45) is 0 Å². The Morgan fingerprint density at radius 2 is 2.04 bits per heavy atom. The lowest BCUT2D eigenvalue weighted by atomic mass is 10.00. The zero-order chi connectivity index (χ0) is 18.9. The van der Waals surface area contributed by atoms with Crippen LogP contribution < -0.4 is 15.8 Å². The number of rotatable bonds is 3. The van der Waals surface area contributed by atoms with Crippen LogP contribution in [0.4, 0.5) is 24.8 Å². The molecule has 1 fully saturated rings. The molecule has 2 aromatic rings. The largest absolute Gasteiger partial charge is 0.408 e. The minimum absolute atomic E-state index is 0.0357. The highest BCUT2D eigenvalue weighted by Crippen LogP contribution is 2.35. The van der Waals surface area contributed by atoms with Crippen LogP contribution in [0.15, 0.2) is 29.2 Å². The van der Waals surface area contributed by atoms with Gasteiger partial charge in [-0.1, -0.05) is 0 Å². The molecule has 2 aromatic heterocycles. The Morgan fingerprint density at radius 3 is 2.73 bits per heavy atom. The Morgan fingerprint density at radius 1 is 1.27 bits per heavy atom. The number of halogens is 3. The van der Waals surface area contributed by atoms with E-state index in [1.807, 2.05) is 6.92 Å². The molecule has 0 spiro atoms. The van der Waals surface area contributed by atoms with Crippen molar-refractivity contribution >= 4 is 11.6 Å². The Balaban J connectivity index is 2.07. The van der Waals surface area contributed by atoms with Crippen molar-refractivity contribution in [3.8, 4) is 11.1 Å². The third kappa shape index (κ3) is 3.68. The topological polar surface area (TPSA) is 61.0 Å². The van der Waals surface area contributed by atoms with Gasteiger partial charge in [0.15, 0.2) is 0 Å². The number of hydrogen-bond acceptors (Lipinski definition) is 4. The highest BCUT2D eigenvalue weighted by atomic mass is 19.4. The molecule has 8 heteroatoms. The molecule has 26 heavy (non-hydrogen) atoms. The Labute approximate surface area is 149 Å². The first-order valence-corrected chi connectivity index (χ1v) is 8.52. The number of anilines is 2. The van der Waals surface area contributed by atoms with Crippen LogP contribution in [-0.2, 0) is 0 Å². The number of aromatic amines is 1. The van der Waals surface area contributed by atoms with Gasteiger partial charge < -0.3 is 15.2 Å². The van der Waals surface area contributed by atoms with Crippen molar-refractivity contribution < 1.29 is 13.2 Å². The fraction of sp³-hybridized carbons (Fsp3) is 0.444. The predicted octanol–water partition coefficient (Wildman–Crippen LogP) is 3.71. The van der Waals surface area contributed by atoms with Crippen LogP contribution >= 0.6 is 0 Å². The summed E-state index contributed by atoms with van der Waals surface area (Å²) in [4.78, 5) is 20.2. The van der Waals surface area contributed by atoms with E-state index in [0.29, 0.717) is 24.2 Å². The van der Waals surface area contributed by atoms with Crippen LogP contribution in [0.1, 0.15) is 24.8 Å². The number of aromatic nitrogens is 2. The summed E-state index contributed by atoms with van der Waals surface area (Å²) in [6.45, 7) is 2.11. The third-order valence-electron chi connectivity index (χ3n) is 4.69. The van der Waals surface area contributed by atoms with Crippen LogP contribution in [-0.4, -0.2) is 35.8 Å². The van der Waals surface area contributed by atoms with Crippen LogP contribution in [0.3, 0.4) is 0 Å². The molecular formula is C18H21F3N4O. The van der Waals surface area contributed by atoms with Crippen LogP contribution in [0.5, 0.6) is 0 Å². The summed E-state index contributed by atoms with van der Waals surface area (Å²) in [5.41, 5.74) is 1.75. The van der Waals surface area contributed by atoms with Gasteiger partial charge in [0.2, 0.25) is 5.56 Å². The summed E-state index contributed by atoms with van der Waals surface area (Å²) in [6.07, 6.45) is -1.44. The molecule has 0 aliphatic carbocycles. The van der Waals surface area contributed by atoms with Crippen LogP contribution in [0, 0.1) is 6.92 Å². The molecule has 1 aliphatic rings. The molecule has 0 radical (unpaired) electrons. The zero-order valence-electron chi connectivity index (χ0n) is 14.7. The number of alkyl halides is 3. The van der Waals surface area contributed by atoms with Gasteiger partial charge in [-0.2, -0.15) is 13.2 Å². The van der Waals surface area contributed by atoms with Crippen LogP contribution in [0.25, 0.3) is 11.1 Å². The van der Waals surface area contributed by atoms with E-state index in [1.54, 1.807) is 25.4 Å². The molecule has 0 bridgehead atoms. The Bertz CT molecular complexity index is 847. The van der Waals surface area contributed by atoms with Crippen molar-refractivity contribution in [3.05, 3.63) is 40.3 Å². The fourth-order valence-corrected chi connectivity index (χ4v) is 3.37. The molecule has 0 aromatic carbocycles. The monoisotopic (exact) mass is 366 g/mol. The van der Waals surface area contributed by atoms with Crippen LogP contribution in [0.2, 0.25) is 0 Å². The van der Waals surface area contributed by atoms with Crippen molar-refractivity contribution in [1.82, 2.24) is 9.97 Å². The minimum Gasteiger partial charge on any atom is -0.373 e. The van der Waals surface area contributed by atoms with Gasteiger partial charge in [0.1, 0.15) is 17.7 Å². The molecule has 1 unspecified atom stereocenters. The number of piperidine rings is 1. The Hall–Kier alpha value is -2.51. The van der Waals surface area contributed by atoms with Gasteiger partial charge in [-0.25, -0.2) is 4.98 Å². The van der Waals surface area contributed by atoms with Gasteiger partial charge >= 0.3 is 6.18 Å². The summed E-state index contributed by atoms with van der Waals surface area (Å²) in [7, 11) is 1.73. The van der Waals surface area contributed by atoms with Crippen molar-refractivity contribution in [3.63, 3.8) is 0 Å². The lowest BCUT2D eigenvalue weighted by Gasteiger charge is -2.38. The number of H-pyrrole nitrogens is 1. The first-order valence-electron chi connectivity index (χ1n) is 8.52. The summed E-state index contributed by atoms with van der Waals surface area (Å²) in [5.74, 6) is 0.829. The zero-order valence-corrected chi connectivity index (χ0v) is 14.7. The highest BCUT2D eigenvalue weighted by Gasteiger charge is 2.44. The molecular weight excluding hydrogens is 345 g/mol. The number of aryl methyl sites for hydroxylation is 1. The maximum absolute atomic E-state index is 13.4. The van der Waals surface area contributed by atoms with Gasteiger partial charge in [-0.3, -0.25) is 4.79 Å². The highest BCUT2D eigenvalue weighted by molar-refractivity contribution is 5.72. The van der Waals surface area contributed by atoms with Crippen molar-refractivity contribution in [2.45, 2.75) is 38.4 Å². The molecule has 2 N–H and O–H groups in total. The Kier molecular flexibility index (Phi) is 4.93. The summed E-state index contributed by atoms with van der Waals surface area (Å²) in [6, 6.07) is 3.23. The van der Waals surface area contributed by atoms with Crippen molar-refractivity contribution in [2.75, 3.05) is 23.8 Å². The van der Waals surface area contributed by atoms with E-state index >= 15 is 0 Å². The van der Waals surface area contributed by atoms with E-state index in [1.165, 1.54) is 11.0 Å². The second-order valence-electron chi connectivity index (χ2n) is 6.50. The van der Waals surface area contributed by atoms with E-state index in [0.717, 1.165) is 11.1 Å². The summed E-state index contributed by atoms with van der Waals surface area (Å²) >= 11 is 0. The predicted molar refractivity (Wildman–Crippen MR) is 95.6 cm³/mol. The van der Waals surface area contributed by atoms with E-state index in [2.05, 4.69) is 15.3 Å². The normalized spacial score (nSPS) is 18.0. The lowest BCUT2D eigenvalue weighted by Crippen LogP contribution is -2.49. The molecule has 0 saturated carbocycles. The molecule has 140 valence electrons. The molecule has 3 heterocycles. The standard InChI is InChI=1S/C18H21F3N4O/c1-11-10-23-15(22-2)9-13(11)12-7-16(24-17(26)8-12)25-6-4-3-5-14(25)18(19,20)21/h7-10,14H,3-6H2,1-2H3,(H,22,23)(H,24,26). The van der Waals surface area contributed by atoms with Gasteiger partial charge in [0.25, 0.3) is 0 Å². The first kappa shape index (κ1) is 18.3. The van der Waals surface area contributed by atoms with Gasteiger partial charge in [0.05, 0.1) is 0 Å². The molecule has 3 rings (SSSR count). The SMILES string of the molecule is CNc1cc(-c2cc(N3CCCCC3C(F)(F)F)[nH]c(=O)c2)c(C)cn1. The van der Waals surface area contributed by atoms with Crippen molar-refractivity contribution in [1.29, 1.82) is 0 Å². The third-order valence-corrected chi connectivity index (χ3v) is 4.69. The van der Waals surface area contributed by atoms with Gasteiger partial charge in [-0.05, 0) is 55.0 Å². The minimum atomic E-state index is -4.33. The fourth-order valence-electron chi connectivity index (χ4n) is 3.37. The molecule has 0 amide bonds. The smallest absolute Gasteiger partial charge is 0.373 e. The molecule has 1 saturated heterocycles. The second-order valence-corrected chi connectivity index (χ2v) is 6.50. The van der Waals surface area contributed by atoms with E-state index in [-0.39, 0.29) is 18.8 Å². The molecule has 1 aliphatic heterocycles. The number of pyridine rings is 2. The second kappa shape index (κ2) is 7.01. The van der Waals surface area contributed by atoms with E-state index < -0.39 is 17.8 Å². The average Bonchev–Trinajstić information content (AvgIpc) is 2.61. The number of nitrogens with zero attached hydrogens (tertiary/aromatic N) is 2. The maximum atomic E-state index is 13.4. The summed E-state index contributed by atoms with van der Waals surface area (Å²) in [5, 5.41) is 2.93. The average molecular weight is 366 g/mol. The number of nitrogens with one attached hydrogen (secondary N) is 2. The molecule has 5 nitrogen and oxygen atoms in total. The van der Waals surface area contributed by atoms with Gasteiger partial charge in [0, 0.05) is 25.9 Å². The summed E-state index contributed by atoms with van der Waals surface area (Å²) < 4.78 is 40.2.